The zero-order chi connectivity index (χ0) is 9.86. The molecule has 2 fully saturated rings. The van der Waals surface area contributed by atoms with Gasteiger partial charge in [-0.15, -0.1) is 0 Å². The number of rotatable bonds is 1. The largest absolute Gasteiger partial charge is 0.381 e. The first-order chi connectivity index (χ1) is 6.81. The average molecular weight is 197 g/mol. The molecular formula is C12H23NO. The topological polar surface area (TPSA) is 21.3 Å². The molecule has 0 saturated carbocycles. The van der Waals surface area contributed by atoms with Crippen LogP contribution in [0.25, 0.3) is 0 Å². The third-order valence-corrected chi connectivity index (χ3v) is 3.96. The van der Waals surface area contributed by atoms with E-state index in [1.165, 1.54) is 45.1 Å². The molecule has 2 nitrogen and oxygen atoms in total. The fourth-order valence-electron chi connectivity index (χ4n) is 2.85. The number of hydrogen-bond donors (Lipinski definition) is 1. The molecule has 2 rings (SSSR count). The van der Waals surface area contributed by atoms with Gasteiger partial charge in [-0.25, -0.2) is 0 Å². The molecule has 2 saturated heterocycles. The highest BCUT2D eigenvalue weighted by molar-refractivity contribution is 4.92. The van der Waals surface area contributed by atoms with Gasteiger partial charge in [-0.1, -0.05) is 12.8 Å². The van der Waals surface area contributed by atoms with Crippen LogP contribution in [0.2, 0.25) is 0 Å². The second kappa shape index (κ2) is 4.63. The van der Waals surface area contributed by atoms with E-state index in [1.807, 2.05) is 0 Å². The summed E-state index contributed by atoms with van der Waals surface area (Å²) in [5, 5.41) is 3.75. The zero-order valence-corrected chi connectivity index (χ0v) is 9.35. The van der Waals surface area contributed by atoms with Crippen LogP contribution in [-0.4, -0.2) is 25.3 Å². The van der Waals surface area contributed by atoms with Gasteiger partial charge in [0.2, 0.25) is 0 Å². The lowest BCUT2D eigenvalue weighted by molar-refractivity contribution is 0.0138. The first-order valence-corrected chi connectivity index (χ1v) is 6.14. The van der Waals surface area contributed by atoms with E-state index in [4.69, 9.17) is 4.74 Å². The van der Waals surface area contributed by atoms with E-state index in [1.54, 1.807) is 0 Å². The van der Waals surface area contributed by atoms with Gasteiger partial charge in [0, 0.05) is 18.1 Å². The van der Waals surface area contributed by atoms with Crippen molar-refractivity contribution in [3.05, 3.63) is 0 Å². The van der Waals surface area contributed by atoms with Crippen molar-refractivity contribution in [2.24, 2.45) is 5.92 Å². The first kappa shape index (κ1) is 10.4. The van der Waals surface area contributed by atoms with E-state index in [0.29, 0.717) is 5.54 Å². The summed E-state index contributed by atoms with van der Waals surface area (Å²) in [4.78, 5) is 0. The lowest BCUT2D eigenvalue weighted by atomic mass is 9.79. The number of nitrogens with one attached hydrogen (secondary N) is 1. The summed E-state index contributed by atoms with van der Waals surface area (Å²) >= 11 is 0. The number of hydrogen-bond acceptors (Lipinski definition) is 2. The van der Waals surface area contributed by atoms with E-state index in [-0.39, 0.29) is 0 Å². The third-order valence-electron chi connectivity index (χ3n) is 3.96. The summed E-state index contributed by atoms with van der Waals surface area (Å²) < 4.78 is 5.60. The van der Waals surface area contributed by atoms with Gasteiger partial charge in [0.1, 0.15) is 0 Å². The second-order valence-electron chi connectivity index (χ2n) is 5.07. The van der Waals surface area contributed by atoms with Gasteiger partial charge in [-0.3, -0.25) is 0 Å². The Hall–Kier alpha value is -0.0800. The Morgan fingerprint density at radius 2 is 2.14 bits per heavy atom. The highest BCUT2D eigenvalue weighted by Gasteiger charge is 2.35. The van der Waals surface area contributed by atoms with Crippen LogP contribution in [0.3, 0.4) is 0 Å². The average Bonchev–Trinajstić information content (AvgIpc) is 2.46. The lowest BCUT2D eigenvalue weighted by Crippen LogP contribution is -2.50. The summed E-state index contributed by atoms with van der Waals surface area (Å²) in [6.07, 6.45) is 8.08. The Labute approximate surface area is 87.4 Å². The van der Waals surface area contributed by atoms with Crippen molar-refractivity contribution in [1.82, 2.24) is 5.32 Å². The smallest absolute Gasteiger partial charge is 0.0511 e. The Balaban J connectivity index is 1.96. The minimum absolute atomic E-state index is 0.358. The van der Waals surface area contributed by atoms with Gasteiger partial charge in [0.15, 0.2) is 0 Å². The molecule has 2 unspecified atom stereocenters. The maximum Gasteiger partial charge on any atom is 0.0511 e. The highest BCUT2D eigenvalue weighted by atomic mass is 16.5. The summed E-state index contributed by atoms with van der Waals surface area (Å²) in [7, 11) is 0. The Morgan fingerprint density at radius 1 is 1.21 bits per heavy atom. The normalized spacial score (nSPS) is 40.5. The molecule has 2 heterocycles. The first-order valence-electron chi connectivity index (χ1n) is 6.14. The van der Waals surface area contributed by atoms with Crippen molar-refractivity contribution < 1.29 is 4.74 Å². The predicted octanol–water partition coefficient (Wildman–Crippen LogP) is 2.34. The quantitative estimate of drug-likeness (QED) is 0.696. The van der Waals surface area contributed by atoms with E-state index in [2.05, 4.69) is 12.2 Å². The van der Waals surface area contributed by atoms with Crippen molar-refractivity contribution in [2.45, 2.75) is 51.0 Å². The van der Waals surface area contributed by atoms with Gasteiger partial charge < -0.3 is 10.1 Å². The highest BCUT2D eigenvalue weighted by Crippen LogP contribution is 2.31. The van der Waals surface area contributed by atoms with Gasteiger partial charge in [-0.05, 0) is 39.2 Å². The molecule has 0 aromatic rings. The molecule has 2 aliphatic heterocycles. The zero-order valence-electron chi connectivity index (χ0n) is 9.35. The maximum absolute atomic E-state index is 5.60. The van der Waals surface area contributed by atoms with E-state index in [9.17, 15) is 0 Å². The maximum atomic E-state index is 5.60. The molecule has 0 bridgehead atoms. The van der Waals surface area contributed by atoms with Crippen LogP contribution in [0.5, 0.6) is 0 Å². The molecule has 0 amide bonds. The van der Waals surface area contributed by atoms with Crippen LogP contribution in [0, 0.1) is 5.92 Å². The van der Waals surface area contributed by atoms with E-state index >= 15 is 0 Å². The minimum Gasteiger partial charge on any atom is -0.381 e. The third kappa shape index (κ3) is 2.29. The SMILES string of the molecule is CC1(C2CCCOC2)CCCCCN1. The molecule has 0 radical (unpaired) electrons. The fourth-order valence-corrected chi connectivity index (χ4v) is 2.85. The Morgan fingerprint density at radius 3 is 2.93 bits per heavy atom. The summed E-state index contributed by atoms with van der Waals surface area (Å²) in [6.45, 7) is 5.56. The van der Waals surface area contributed by atoms with Crippen molar-refractivity contribution in [1.29, 1.82) is 0 Å². The monoisotopic (exact) mass is 197 g/mol. The molecule has 2 heteroatoms. The second-order valence-corrected chi connectivity index (χ2v) is 5.07. The molecule has 1 N–H and O–H groups in total. The summed E-state index contributed by atoms with van der Waals surface area (Å²) in [5.74, 6) is 0.745. The summed E-state index contributed by atoms with van der Waals surface area (Å²) in [5.41, 5.74) is 0.358. The standard InChI is InChI=1S/C12H23NO/c1-12(7-3-2-4-8-13-12)11-6-5-9-14-10-11/h11,13H,2-10H2,1H3. The lowest BCUT2D eigenvalue weighted by Gasteiger charge is -2.40. The number of ether oxygens (including phenoxy) is 1. The minimum atomic E-state index is 0.358. The molecule has 0 aliphatic carbocycles. The Kier molecular flexibility index (Phi) is 3.45. The fraction of sp³-hybridized carbons (Fsp3) is 1.00. The van der Waals surface area contributed by atoms with Crippen molar-refractivity contribution in [3.8, 4) is 0 Å². The molecule has 2 aliphatic rings. The predicted molar refractivity (Wildman–Crippen MR) is 58.4 cm³/mol. The van der Waals surface area contributed by atoms with Crippen LogP contribution >= 0.6 is 0 Å². The molecule has 14 heavy (non-hydrogen) atoms. The van der Waals surface area contributed by atoms with Crippen LogP contribution in [0.15, 0.2) is 0 Å². The van der Waals surface area contributed by atoms with Gasteiger partial charge in [0.25, 0.3) is 0 Å². The van der Waals surface area contributed by atoms with Crippen LogP contribution < -0.4 is 5.32 Å². The van der Waals surface area contributed by atoms with Crippen molar-refractivity contribution >= 4 is 0 Å². The molecular weight excluding hydrogens is 174 g/mol. The molecule has 0 spiro atoms. The summed E-state index contributed by atoms with van der Waals surface area (Å²) in [6, 6.07) is 0. The molecule has 0 aromatic carbocycles. The van der Waals surface area contributed by atoms with Crippen LogP contribution in [0.1, 0.15) is 45.4 Å². The van der Waals surface area contributed by atoms with Crippen LogP contribution in [-0.2, 0) is 4.74 Å². The van der Waals surface area contributed by atoms with Gasteiger partial charge in [0.05, 0.1) is 6.61 Å². The van der Waals surface area contributed by atoms with Crippen LogP contribution in [0.4, 0.5) is 0 Å². The van der Waals surface area contributed by atoms with Gasteiger partial charge >= 0.3 is 0 Å². The van der Waals surface area contributed by atoms with E-state index < -0.39 is 0 Å². The van der Waals surface area contributed by atoms with Gasteiger partial charge in [-0.2, -0.15) is 0 Å². The molecule has 0 aromatic heterocycles. The van der Waals surface area contributed by atoms with Crippen molar-refractivity contribution in [3.63, 3.8) is 0 Å². The van der Waals surface area contributed by atoms with E-state index in [0.717, 1.165) is 19.1 Å². The van der Waals surface area contributed by atoms with Crippen molar-refractivity contribution in [2.75, 3.05) is 19.8 Å². The Bertz CT molecular complexity index is 167. The molecule has 2 atom stereocenters. The molecule has 82 valence electrons.